The smallest absolute Gasteiger partial charge is 0.222 e. The molecule has 0 N–H and O–H groups in total. The van der Waals surface area contributed by atoms with Gasteiger partial charge in [-0.05, 0) is 19.3 Å². The van der Waals surface area contributed by atoms with Crippen LogP contribution in [0.2, 0.25) is 0 Å². The zero-order valence-electron chi connectivity index (χ0n) is 12.3. The Kier molecular flexibility index (Phi) is 7.72. The van der Waals surface area contributed by atoms with Crippen molar-refractivity contribution in [2.24, 2.45) is 0 Å². The lowest BCUT2D eigenvalue weighted by atomic mass is 10.1. The zero-order chi connectivity index (χ0) is 14.1. The molecule has 0 bridgehead atoms. The summed E-state index contributed by atoms with van der Waals surface area (Å²) in [5, 5.41) is 0. The van der Waals surface area contributed by atoms with Crippen LogP contribution >= 0.6 is 0 Å². The molecule has 1 aliphatic rings. The molecule has 1 heterocycles. The Hall–Kier alpha value is -0.900. The molecule has 1 saturated heterocycles. The summed E-state index contributed by atoms with van der Waals surface area (Å²) in [7, 11) is 1.62. The van der Waals surface area contributed by atoms with Crippen molar-refractivity contribution in [3.05, 3.63) is 0 Å². The van der Waals surface area contributed by atoms with Crippen LogP contribution in [0.5, 0.6) is 0 Å². The van der Waals surface area contributed by atoms with E-state index in [-0.39, 0.29) is 18.1 Å². The maximum atomic E-state index is 12.2. The van der Waals surface area contributed by atoms with Crippen LogP contribution in [-0.2, 0) is 14.3 Å². The van der Waals surface area contributed by atoms with E-state index in [1.165, 1.54) is 12.8 Å². The summed E-state index contributed by atoms with van der Waals surface area (Å²) in [6, 6.07) is 0.0916. The van der Waals surface area contributed by atoms with E-state index in [1.807, 2.05) is 4.90 Å². The van der Waals surface area contributed by atoms with E-state index in [1.54, 1.807) is 7.11 Å². The summed E-state index contributed by atoms with van der Waals surface area (Å²) in [4.78, 5) is 24.8. The van der Waals surface area contributed by atoms with Gasteiger partial charge in [0.2, 0.25) is 5.91 Å². The van der Waals surface area contributed by atoms with E-state index in [0.29, 0.717) is 12.8 Å². The minimum absolute atomic E-state index is 0.0916. The standard InChI is InChI=1S/C15H27NO3/c1-3-4-5-6-9-15(18)16-11-7-8-13(16)14(19-2)10-12-17/h12-14H,3-11H2,1-2H3. The first-order chi connectivity index (χ1) is 9.24. The Balaban J connectivity index is 2.45. The number of ether oxygens (including phenoxy) is 1. The first kappa shape index (κ1) is 16.2. The number of carbonyl (C=O) groups is 2. The van der Waals surface area contributed by atoms with E-state index < -0.39 is 0 Å². The van der Waals surface area contributed by atoms with Crippen molar-refractivity contribution in [3.63, 3.8) is 0 Å². The van der Waals surface area contributed by atoms with Crippen molar-refractivity contribution in [1.29, 1.82) is 0 Å². The minimum Gasteiger partial charge on any atom is -0.379 e. The van der Waals surface area contributed by atoms with Gasteiger partial charge in [-0.1, -0.05) is 26.2 Å². The van der Waals surface area contributed by atoms with E-state index in [0.717, 1.165) is 38.5 Å². The number of rotatable bonds is 9. The molecule has 1 amide bonds. The quantitative estimate of drug-likeness (QED) is 0.477. The van der Waals surface area contributed by atoms with Crippen LogP contribution in [0.1, 0.15) is 58.3 Å². The topological polar surface area (TPSA) is 46.6 Å². The molecular formula is C15H27NO3. The Bertz CT molecular complexity index is 281. The summed E-state index contributed by atoms with van der Waals surface area (Å²) < 4.78 is 5.37. The summed E-state index contributed by atoms with van der Waals surface area (Å²) in [5.74, 6) is 0.228. The molecule has 0 spiro atoms. The van der Waals surface area contributed by atoms with E-state index in [4.69, 9.17) is 4.74 Å². The van der Waals surface area contributed by atoms with Crippen LogP contribution in [0, 0.1) is 0 Å². The van der Waals surface area contributed by atoms with E-state index in [9.17, 15) is 9.59 Å². The van der Waals surface area contributed by atoms with Gasteiger partial charge in [-0.25, -0.2) is 0 Å². The predicted octanol–water partition coefficient (Wildman–Crippen LogP) is 2.55. The highest BCUT2D eigenvalue weighted by molar-refractivity contribution is 5.77. The Morgan fingerprint density at radius 3 is 2.84 bits per heavy atom. The van der Waals surface area contributed by atoms with Gasteiger partial charge in [0.1, 0.15) is 6.29 Å². The second kappa shape index (κ2) is 9.08. The number of likely N-dealkylation sites (tertiary alicyclic amines) is 1. The lowest BCUT2D eigenvalue weighted by molar-refractivity contribution is -0.135. The molecule has 0 saturated carbocycles. The molecule has 0 aromatic rings. The molecule has 2 unspecified atom stereocenters. The predicted molar refractivity (Wildman–Crippen MR) is 75.0 cm³/mol. The third kappa shape index (κ3) is 4.94. The van der Waals surface area contributed by atoms with Gasteiger partial charge in [-0.2, -0.15) is 0 Å². The minimum atomic E-state index is -0.139. The van der Waals surface area contributed by atoms with Gasteiger partial charge >= 0.3 is 0 Å². The number of hydrogen-bond donors (Lipinski definition) is 0. The number of unbranched alkanes of at least 4 members (excludes halogenated alkanes) is 3. The number of hydrogen-bond acceptors (Lipinski definition) is 3. The number of methoxy groups -OCH3 is 1. The fourth-order valence-corrected chi connectivity index (χ4v) is 2.84. The van der Waals surface area contributed by atoms with Crippen molar-refractivity contribution in [3.8, 4) is 0 Å². The molecule has 1 aliphatic heterocycles. The van der Waals surface area contributed by atoms with Gasteiger partial charge in [0.05, 0.1) is 12.1 Å². The molecule has 1 rings (SSSR count). The number of aldehydes is 1. The highest BCUT2D eigenvalue weighted by Gasteiger charge is 2.34. The number of amides is 1. The summed E-state index contributed by atoms with van der Waals surface area (Å²) in [6.45, 7) is 2.98. The summed E-state index contributed by atoms with van der Waals surface area (Å²) in [5.41, 5.74) is 0. The summed E-state index contributed by atoms with van der Waals surface area (Å²) >= 11 is 0. The number of carbonyl (C=O) groups excluding carboxylic acids is 2. The van der Waals surface area contributed by atoms with E-state index >= 15 is 0 Å². The van der Waals surface area contributed by atoms with Crippen molar-refractivity contribution >= 4 is 12.2 Å². The van der Waals surface area contributed by atoms with Crippen LogP contribution in [0.25, 0.3) is 0 Å². The van der Waals surface area contributed by atoms with Crippen molar-refractivity contribution < 1.29 is 14.3 Å². The van der Waals surface area contributed by atoms with Gasteiger partial charge in [0, 0.05) is 26.5 Å². The van der Waals surface area contributed by atoms with Crippen molar-refractivity contribution in [1.82, 2.24) is 4.90 Å². The molecule has 0 aromatic heterocycles. The van der Waals surface area contributed by atoms with Crippen LogP contribution in [0.4, 0.5) is 0 Å². The average Bonchev–Trinajstić information content (AvgIpc) is 2.90. The third-order valence-electron chi connectivity index (χ3n) is 3.92. The van der Waals surface area contributed by atoms with E-state index in [2.05, 4.69) is 6.92 Å². The molecule has 0 aromatic carbocycles. The molecule has 4 nitrogen and oxygen atoms in total. The summed E-state index contributed by atoms with van der Waals surface area (Å²) in [6.07, 6.45) is 8.21. The van der Waals surface area contributed by atoms with Crippen LogP contribution in [0.3, 0.4) is 0 Å². The fourth-order valence-electron chi connectivity index (χ4n) is 2.84. The average molecular weight is 269 g/mol. The van der Waals surface area contributed by atoms with Gasteiger partial charge in [-0.15, -0.1) is 0 Å². The van der Waals surface area contributed by atoms with Crippen LogP contribution in [-0.4, -0.2) is 42.9 Å². The highest BCUT2D eigenvalue weighted by atomic mass is 16.5. The lowest BCUT2D eigenvalue weighted by Crippen LogP contribution is -2.43. The molecular weight excluding hydrogens is 242 g/mol. The monoisotopic (exact) mass is 269 g/mol. The largest absolute Gasteiger partial charge is 0.379 e. The van der Waals surface area contributed by atoms with Crippen LogP contribution in [0.15, 0.2) is 0 Å². The van der Waals surface area contributed by atoms with Crippen molar-refractivity contribution in [2.45, 2.75) is 70.4 Å². The van der Waals surface area contributed by atoms with Gasteiger partial charge < -0.3 is 14.4 Å². The second-order valence-corrected chi connectivity index (χ2v) is 5.28. The fraction of sp³-hybridized carbons (Fsp3) is 0.867. The zero-order valence-corrected chi connectivity index (χ0v) is 12.3. The number of nitrogens with zero attached hydrogens (tertiary/aromatic N) is 1. The molecule has 1 fully saturated rings. The Labute approximate surface area is 116 Å². The lowest BCUT2D eigenvalue weighted by Gasteiger charge is -2.30. The SMILES string of the molecule is CCCCCCC(=O)N1CCCC1C(CC=O)OC. The molecule has 0 radical (unpaired) electrons. The third-order valence-corrected chi connectivity index (χ3v) is 3.92. The first-order valence-electron chi connectivity index (χ1n) is 7.50. The maximum Gasteiger partial charge on any atom is 0.222 e. The van der Waals surface area contributed by atoms with Crippen LogP contribution < -0.4 is 0 Å². The first-order valence-corrected chi connectivity index (χ1v) is 7.50. The molecule has 110 valence electrons. The van der Waals surface area contributed by atoms with Gasteiger partial charge in [-0.3, -0.25) is 4.79 Å². The second-order valence-electron chi connectivity index (χ2n) is 5.28. The maximum absolute atomic E-state index is 12.2. The highest BCUT2D eigenvalue weighted by Crippen LogP contribution is 2.24. The molecule has 19 heavy (non-hydrogen) atoms. The molecule has 2 atom stereocenters. The van der Waals surface area contributed by atoms with Crippen molar-refractivity contribution in [2.75, 3.05) is 13.7 Å². The van der Waals surface area contributed by atoms with Gasteiger partial charge in [0.25, 0.3) is 0 Å². The molecule has 4 heteroatoms. The van der Waals surface area contributed by atoms with Gasteiger partial charge in [0.15, 0.2) is 0 Å². The normalized spacial score (nSPS) is 20.5. The Morgan fingerprint density at radius 1 is 1.42 bits per heavy atom. The molecule has 0 aliphatic carbocycles. The Morgan fingerprint density at radius 2 is 2.21 bits per heavy atom.